The summed E-state index contributed by atoms with van der Waals surface area (Å²) in [5.74, 6) is 0.209. The number of sulfonamides is 1. The average Bonchev–Trinajstić information content (AvgIpc) is 2.40. The van der Waals surface area contributed by atoms with Crippen LogP contribution in [0.25, 0.3) is 0 Å². The van der Waals surface area contributed by atoms with E-state index >= 15 is 0 Å². The largest absolute Gasteiger partial charge is 0.393 e. The molecule has 1 saturated heterocycles. The van der Waals surface area contributed by atoms with Gasteiger partial charge < -0.3 is 5.32 Å². The molecule has 2 rings (SSSR count). The minimum Gasteiger partial charge on any atom is -0.315 e. The molecule has 1 heterocycles. The SMILES string of the molecule is CC1CCNCC1NS(=O)(=O)c1ccc(CC(F)(F)F)cc1. The van der Waals surface area contributed by atoms with Gasteiger partial charge in [-0.3, -0.25) is 0 Å². The molecule has 0 radical (unpaired) electrons. The van der Waals surface area contributed by atoms with Gasteiger partial charge in [0.25, 0.3) is 0 Å². The van der Waals surface area contributed by atoms with Gasteiger partial charge in [0.1, 0.15) is 0 Å². The van der Waals surface area contributed by atoms with Crippen LogP contribution in [-0.4, -0.2) is 33.7 Å². The number of hydrogen-bond donors (Lipinski definition) is 2. The highest BCUT2D eigenvalue weighted by Gasteiger charge is 2.29. The Balaban J connectivity index is 2.09. The molecule has 0 bridgehead atoms. The number of nitrogens with one attached hydrogen (secondary N) is 2. The molecule has 22 heavy (non-hydrogen) atoms. The summed E-state index contributed by atoms with van der Waals surface area (Å²) >= 11 is 0. The Bertz CT molecular complexity index is 600. The van der Waals surface area contributed by atoms with Crippen LogP contribution in [0.4, 0.5) is 13.2 Å². The molecule has 0 aliphatic carbocycles. The van der Waals surface area contributed by atoms with E-state index in [1.54, 1.807) is 0 Å². The predicted octanol–water partition coefficient (Wildman–Crippen LogP) is 2.07. The molecule has 124 valence electrons. The van der Waals surface area contributed by atoms with Crippen molar-refractivity contribution in [3.63, 3.8) is 0 Å². The van der Waals surface area contributed by atoms with E-state index < -0.39 is 22.6 Å². The van der Waals surface area contributed by atoms with Crippen LogP contribution >= 0.6 is 0 Å². The van der Waals surface area contributed by atoms with E-state index in [9.17, 15) is 21.6 Å². The summed E-state index contributed by atoms with van der Waals surface area (Å²) in [5, 5.41) is 3.12. The maximum absolute atomic E-state index is 12.3. The van der Waals surface area contributed by atoms with E-state index in [4.69, 9.17) is 0 Å². The van der Waals surface area contributed by atoms with Gasteiger partial charge in [-0.05, 0) is 36.6 Å². The van der Waals surface area contributed by atoms with Crippen molar-refractivity contribution >= 4 is 10.0 Å². The molecule has 1 aliphatic heterocycles. The van der Waals surface area contributed by atoms with E-state index in [1.807, 2.05) is 6.92 Å². The summed E-state index contributed by atoms with van der Waals surface area (Å²) in [5.41, 5.74) is 0.0409. The first-order chi connectivity index (χ1) is 10.2. The lowest BCUT2D eigenvalue weighted by molar-refractivity contribution is -0.127. The van der Waals surface area contributed by atoms with Crippen molar-refractivity contribution in [2.45, 2.75) is 36.9 Å². The Morgan fingerprint density at radius 3 is 2.45 bits per heavy atom. The first-order valence-corrected chi connectivity index (χ1v) is 8.54. The minimum atomic E-state index is -4.30. The summed E-state index contributed by atoms with van der Waals surface area (Å²) in [4.78, 5) is -0.0174. The number of hydrogen-bond acceptors (Lipinski definition) is 3. The van der Waals surface area contributed by atoms with Crippen molar-refractivity contribution in [3.05, 3.63) is 29.8 Å². The van der Waals surface area contributed by atoms with Crippen molar-refractivity contribution in [2.75, 3.05) is 13.1 Å². The molecule has 8 heteroatoms. The van der Waals surface area contributed by atoms with E-state index in [-0.39, 0.29) is 22.4 Å². The Morgan fingerprint density at radius 2 is 1.91 bits per heavy atom. The molecule has 0 saturated carbocycles. The number of benzene rings is 1. The van der Waals surface area contributed by atoms with Gasteiger partial charge in [0.05, 0.1) is 11.3 Å². The minimum absolute atomic E-state index is 0.0174. The monoisotopic (exact) mass is 336 g/mol. The molecule has 1 fully saturated rings. The second-order valence-electron chi connectivity index (χ2n) is 5.63. The fraction of sp³-hybridized carbons (Fsp3) is 0.571. The van der Waals surface area contributed by atoms with Gasteiger partial charge in [0, 0.05) is 12.6 Å². The highest BCUT2D eigenvalue weighted by Crippen LogP contribution is 2.22. The third-order valence-corrected chi connectivity index (χ3v) is 5.28. The highest BCUT2D eigenvalue weighted by atomic mass is 32.2. The molecule has 2 atom stereocenters. The fourth-order valence-electron chi connectivity index (χ4n) is 2.43. The van der Waals surface area contributed by atoms with Gasteiger partial charge in [0.15, 0.2) is 0 Å². The summed E-state index contributed by atoms with van der Waals surface area (Å²) < 4.78 is 64.1. The first-order valence-electron chi connectivity index (χ1n) is 7.06. The molecule has 0 aromatic heterocycles. The highest BCUT2D eigenvalue weighted by molar-refractivity contribution is 7.89. The summed E-state index contributed by atoms with van der Waals surface area (Å²) in [6.45, 7) is 3.37. The summed E-state index contributed by atoms with van der Waals surface area (Å²) in [6, 6.07) is 4.61. The fourth-order valence-corrected chi connectivity index (χ4v) is 3.78. The zero-order chi connectivity index (χ0) is 16.4. The van der Waals surface area contributed by atoms with Crippen LogP contribution in [0.2, 0.25) is 0 Å². The summed E-state index contributed by atoms with van der Waals surface area (Å²) in [7, 11) is -3.72. The van der Waals surface area contributed by atoms with Crippen molar-refractivity contribution < 1.29 is 21.6 Å². The third kappa shape index (κ3) is 4.69. The number of rotatable bonds is 4. The predicted molar refractivity (Wildman–Crippen MR) is 77.0 cm³/mol. The Hall–Kier alpha value is -1.12. The molecule has 0 spiro atoms. The zero-order valence-corrected chi connectivity index (χ0v) is 13.0. The molecule has 2 N–H and O–H groups in total. The molecule has 4 nitrogen and oxygen atoms in total. The lowest BCUT2D eigenvalue weighted by Gasteiger charge is -2.30. The van der Waals surface area contributed by atoms with Crippen molar-refractivity contribution in [1.82, 2.24) is 10.0 Å². The first kappa shape index (κ1) is 17.2. The van der Waals surface area contributed by atoms with Crippen LogP contribution < -0.4 is 10.0 Å². The van der Waals surface area contributed by atoms with Crippen LogP contribution in [-0.2, 0) is 16.4 Å². The smallest absolute Gasteiger partial charge is 0.315 e. The standard InChI is InChI=1S/C14H19F3N2O2S/c1-10-6-7-18-9-13(10)19-22(20,21)12-4-2-11(3-5-12)8-14(15,16)17/h2-5,10,13,18-19H,6-9H2,1H3. The maximum atomic E-state index is 12.3. The second-order valence-corrected chi connectivity index (χ2v) is 7.35. The van der Waals surface area contributed by atoms with E-state index in [0.29, 0.717) is 6.54 Å². The maximum Gasteiger partial charge on any atom is 0.393 e. The van der Waals surface area contributed by atoms with Crippen molar-refractivity contribution in [1.29, 1.82) is 0 Å². The van der Waals surface area contributed by atoms with Gasteiger partial charge >= 0.3 is 6.18 Å². The molecular weight excluding hydrogens is 317 g/mol. The van der Waals surface area contributed by atoms with Gasteiger partial charge in [-0.2, -0.15) is 13.2 Å². The van der Waals surface area contributed by atoms with Crippen LogP contribution in [0, 0.1) is 5.92 Å². The zero-order valence-electron chi connectivity index (χ0n) is 12.2. The Morgan fingerprint density at radius 1 is 1.27 bits per heavy atom. The third-order valence-electron chi connectivity index (χ3n) is 3.77. The number of piperidine rings is 1. The lowest BCUT2D eigenvalue weighted by atomic mass is 9.96. The van der Waals surface area contributed by atoms with Crippen LogP contribution in [0.1, 0.15) is 18.9 Å². The van der Waals surface area contributed by atoms with E-state index in [2.05, 4.69) is 10.0 Å². The van der Waals surface area contributed by atoms with Crippen LogP contribution in [0.15, 0.2) is 29.2 Å². The number of halogens is 3. The van der Waals surface area contributed by atoms with Crippen LogP contribution in [0.5, 0.6) is 0 Å². The van der Waals surface area contributed by atoms with E-state index in [1.165, 1.54) is 24.3 Å². The van der Waals surface area contributed by atoms with Crippen molar-refractivity contribution in [2.24, 2.45) is 5.92 Å². The lowest BCUT2D eigenvalue weighted by Crippen LogP contribution is -2.50. The molecule has 1 aromatic carbocycles. The van der Waals surface area contributed by atoms with Crippen LogP contribution in [0.3, 0.4) is 0 Å². The molecular formula is C14H19F3N2O2S. The molecule has 1 aliphatic rings. The summed E-state index contributed by atoms with van der Waals surface area (Å²) in [6.07, 6.45) is -4.50. The molecule has 1 aromatic rings. The topological polar surface area (TPSA) is 58.2 Å². The normalized spacial score (nSPS) is 23.5. The van der Waals surface area contributed by atoms with Gasteiger partial charge in [0.2, 0.25) is 10.0 Å². The number of alkyl halides is 3. The van der Waals surface area contributed by atoms with Gasteiger partial charge in [-0.25, -0.2) is 13.1 Å². The Labute approximate surface area is 128 Å². The molecule has 2 unspecified atom stereocenters. The van der Waals surface area contributed by atoms with Crippen molar-refractivity contribution in [3.8, 4) is 0 Å². The van der Waals surface area contributed by atoms with Gasteiger partial charge in [-0.1, -0.05) is 19.1 Å². The Kier molecular flexibility index (Phi) is 5.14. The van der Waals surface area contributed by atoms with E-state index in [0.717, 1.165) is 13.0 Å². The van der Waals surface area contributed by atoms with Gasteiger partial charge in [-0.15, -0.1) is 0 Å². The average molecular weight is 336 g/mol. The quantitative estimate of drug-likeness (QED) is 0.885. The molecule has 0 amide bonds. The second kappa shape index (κ2) is 6.55.